The van der Waals surface area contributed by atoms with Crippen LogP contribution < -0.4 is 0 Å². The van der Waals surface area contributed by atoms with Crippen molar-refractivity contribution < 1.29 is 8.98 Å². The average Bonchev–Trinajstić information content (AvgIpc) is 2.03. The molecule has 0 atom stereocenters. The van der Waals surface area contributed by atoms with Gasteiger partial charge in [-0.25, -0.2) is 0 Å². The number of benzene rings is 1. The first-order valence-corrected chi connectivity index (χ1v) is 4.82. The molecule has 0 radical (unpaired) electrons. The molecule has 0 aromatic heterocycles. The summed E-state index contributed by atoms with van der Waals surface area (Å²) in [6.07, 6.45) is 0. The molecular formula is C8H7BrO2S. The lowest BCUT2D eigenvalue weighted by Crippen LogP contribution is -1.88. The topological polar surface area (TPSA) is 26.3 Å². The molecule has 0 N–H and O–H groups in total. The molecule has 0 fully saturated rings. The zero-order valence-electron chi connectivity index (χ0n) is 6.41. The summed E-state index contributed by atoms with van der Waals surface area (Å²) in [4.78, 5) is 11.3. The van der Waals surface area contributed by atoms with Crippen LogP contribution in [0.15, 0.2) is 33.6 Å². The average molecular weight is 247 g/mol. The normalized spacial score (nSPS) is 9.50. The predicted molar refractivity (Wildman–Crippen MR) is 51.8 cm³/mol. The summed E-state index contributed by atoms with van der Waals surface area (Å²) in [7, 11) is 0. The van der Waals surface area contributed by atoms with Crippen molar-refractivity contribution in [3.8, 4) is 0 Å². The van der Waals surface area contributed by atoms with E-state index in [1.54, 1.807) is 0 Å². The summed E-state index contributed by atoms with van der Waals surface area (Å²) in [6.45, 7) is 1.38. The van der Waals surface area contributed by atoms with Crippen molar-refractivity contribution in [3.63, 3.8) is 0 Å². The van der Waals surface area contributed by atoms with E-state index in [-0.39, 0.29) is 5.97 Å². The van der Waals surface area contributed by atoms with Gasteiger partial charge in [-0.15, -0.1) is 0 Å². The maximum atomic E-state index is 10.4. The predicted octanol–water partition coefficient (Wildman–Crippen LogP) is 3.02. The molecule has 2 nitrogen and oxygen atoms in total. The van der Waals surface area contributed by atoms with Gasteiger partial charge in [-0.1, -0.05) is 15.9 Å². The molecule has 12 heavy (non-hydrogen) atoms. The lowest BCUT2D eigenvalue weighted by atomic mass is 10.4. The molecule has 4 heteroatoms. The Labute approximate surface area is 83.6 Å². The highest BCUT2D eigenvalue weighted by Gasteiger charge is 1.97. The summed E-state index contributed by atoms with van der Waals surface area (Å²) >= 11 is 4.38. The van der Waals surface area contributed by atoms with Gasteiger partial charge in [0, 0.05) is 16.3 Å². The molecule has 0 spiro atoms. The molecule has 0 unspecified atom stereocenters. The number of hydrogen-bond donors (Lipinski definition) is 0. The van der Waals surface area contributed by atoms with E-state index in [0.717, 1.165) is 21.4 Å². The summed E-state index contributed by atoms with van der Waals surface area (Å²) in [5, 5.41) is 0. The molecule has 0 bridgehead atoms. The van der Waals surface area contributed by atoms with Crippen molar-refractivity contribution in [1.29, 1.82) is 0 Å². The first-order valence-electron chi connectivity index (χ1n) is 3.29. The minimum absolute atomic E-state index is 0.289. The van der Waals surface area contributed by atoms with Gasteiger partial charge in [0.15, 0.2) is 0 Å². The highest BCUT2D eigenvalue weighted by molar-refractivity contribution is 9.10. The zero-order valence-corrected chi connectivity index (χ0v) is 8.81. The number of carbonyl (C=O) groups excluding carboxylic acids is 1. The molecular weight excluding hydrogens is 240 g/mol. The highest BCUT2D eigenvalue weighted by atomic mass is 79.9. The van der Waals surface area contributed by atoms with Gasteiger partial charge in [-0.3, -0.25) is 4.79 Å². The third-order valence-electron chi connectivity index (χ3n) is 1.07. The van der Waals surface area contributed by atoms with E-state index in [1.807, 2.05) is 24.3 Å². The second-order valence-electron chi connectivity index (χ2n) is 2.11. The second kappa shape index (κ2) is 4.52. The minimum Gasteiger partial charge on any atom is -0.386 e. The van der Waals surface area contributed by atoms with E-state index < -0.39 is 0 Å². The fourth-order valence-electron chi connectivity index (χ4n) is 0.597. The third kappa shape index (κ3) is 3.28. The summed E-state index contributed by atoms with van der Waals surface area (Å²) in [5.41, 5.74) is 0. The molecule has 64 valence electrons. The Bertz CT molecular complexity index is 271. The lowest BCUT2D eigenvalue weighted by Gasteiger charge is -1.98. The van der Waals surface area contributed by atoms with Crippen molar-refractivity contribution in [3.05, 3.63) is 28.7 Å². The van der Waals surface area contributed by atoms with Crippen molar-refractivity contribution in [1.82, 2.24) is 0 Å². The van der Waals surface area contributed by atoms with E-state index >= 15 is 0 Å². The van der Waals surface area contributed by atoms with Crippen molar-refractivity contribution in [2.24, 2.45) is 0 Å². The van der Waals surface area contributed by atoms with Crippen LogP contribution >= 0.6 is 28.0 Å². The molecule has 0 heterocycles. The SMILES string of the molecule is CC(=O)OSc1ccc(Br)cc1. The minimum atomic E-state index is -0.289. The lowest BCUT2D eigenvalue weighted by molar-refractivity contribution is -0.130. The number of carbonyl (C=O) groups is 1. The van der Waals surface area contributed by atoms with Crippen LogP contribution in [0.3, 0.4) is 0 Å². The number of rotatable bonds is 2. The maximum Gasteiger partial charge on any atom is 0.315 e. The number of hydrogen-bond acceptors (Lipinski definition) is 3. The largest absolute Gasteiger partial charge is 0.386 e. The quantitative estimate of drug-likeness (QED) is 0.751. The van der Waals surface area contributed by atoms with E-state index in [9.17, 15) is 4.79 Å². The van der Waals surface area contributed by atoms with Crippen LogP contribution in [-0.2, 0) is 8.98 Å². The van der Waals surface area contributed by atoms with Crippen LogP contribution in [0.4, 0.5) is 0 Å². The van der Waals surface area contributed by atoms with Crippen molar-refractivity contribution >= 4 is 33.9 Å². The standard InChI is InChI=1S/C8H7BrO2S/c1-6(10)11-12-8-4-2-7(9)3-5-8/h2-5H,1H3. The van der Waals surface area contributed by atoms with Gasteiger partial charge in [-0.05, 0) is 24.3 Å². The van der Waals surface area contributed by atoms with Crippen molar-refractivity contribution in [2.75, 3.05) is 0 Å². The molecule has 0 amide bonds. The van der Waals surface area contributed by atoms with Crippen LogP contribution in [-0.4, -0.2) is 5.97 Å². The van der Waals surface area contributed by atoms with Gasteiger partial charge in [-0.2, -0.15) is 0 Å². The molecule has 0 aliphatic rings. The smallest absolute Gasteiger partial charge is 0.315 e. The Balaban J connectivity index is 2.53. The highest BCUT2D eigenvalue weighted by Crippen LogP contribution is 2.21. The molecule has 0 saturated heterocycles. The molecule has 1 aromatic rings. The summed E-state index contributed by atoms with van der Waals surface area (Å²) in [6, 6.07) is 7.53. The second-order valence-corrected chi connectivity index (χ2v) is 3.83. The van der Waals surface area contributed by atoms with Crippen LogP contribution in [0, 0.1) is 0 Å². The van der Waals surface area contributed by atoms with Gasteiger partial charge < -0.3 is 4.18 Å². The Hall–Kier alpha value is -0.480. The maximum absolute atomic E-state index is 10.4. The number of halogens is 1. The molecule has 1 aromatic carbocycles. The van der Waals surface area contributed by atoms with Gasteiger partial charge in [0.05, 0.1) is 12.0 Å². The van der Waals surface area contributed by atoms with E-state index in [4.69, 9.17) is 4.18 Å². The fourth-order valence-corrected chi connectivity index (χ4v) is 1.32. The molecule has 0 aliphatic heterocycles. The zero-order chi connectivity index (χ0) is 8.97. The van der Waals surface area contributed by atoms with Crippen LogP contribution in [0.1, 0.15) is 6.92 Å². The van der Waals surface area contributed by atoms with Gasteiger partial charge >= 0.3 is 5.97 Å². The van der Waals surface area contributed by atoms with E-state index in [1.165, 1.54) is 6.92 Å². The fraction of sp³-hybridized carbons (Fsp3) is 0.125. The Morgan fingerprint density at radius 1 is 1.42 bits per heavy atom. The van der Waals surface area contributed by atoms with Crippen LogP contribution in [0.2, 0.25) is 0 Å². The molecule has 0 saturated carbocycles. The summed E-state index contributed by atoms with van der Waals surface area (Å²) in [5.74, 6) is -0.289. The third-order valence-corrected chi connectivity index (χ3v) is 2.38. The van der Waals surface area contributed by atoms with Gasteiger partial charge in [0.1, 0.15) is 0 Å². The van der Waals surface area contributed by atoms with E-state index in [0.29, 0.717) is 0 Å². The first kappa shape index (κ1) is 9.61. The Morgan fingerprint density at radius 3 is 2.50 bits per heavy atom. The molecule has 1 rings (SSSR count). The Morgan fingerprint density at radius 2 is 2.00 bits per heavy atom. The monoisotopic (exact) mass is 246 g/mol. The van der Waals surface area contributed by atoms with E-state index in [2.05, 4.69) is 15.9 Å². The molecule has 0 aliphatic carbocycles. The van der Waals surface area contributed by atoms with Gasteiger partial charge in [0.2, 0.25) is 0 Å². The van der Waals surface area contributed by atoms with Crippen LogP contribution in [0.5, 0.6) is 0 Å². The first-order chi connectivity index (χ1) is 5.68. The summed E-state index contributed by atoms with van der Waals surface area (Å²) < 4.78 is 5.74. The van der Waals surface area contributed by atoms with Crippen molar-refractivity contribution in [2.45, 2.75) is 11.8 Å². The van der Waals surface area contributed by atoms with Crippen LogP contribution in [0.25, 0.3) is 0 Å². The Kier molecular flexibility index (Phi) is 3.62. The van der Waals surface area contributed by atoms with Gasteiger partial charge in [0.25, 0.3) is 0 Å².